The Hall–Kier alpha value is -2.27. The van der Waals surface area contributed by atoms with Crippen LogP contribution in [0.15, 0.2) is 41.5 Å². The lowest BCUT2D eigenvalue weighted by molar-refractivity contribution is 0.174. The van der Waals surface area contributed by atoms with Crippen molar-refractivity contribution in [2.24, 2.45) is 4.99 Å². The number of nitrogens with zero attached hydrogens (tertiary/aromatic N) is 4. The molecule has 1 saturated heterocycles. The van der Waals surface area contributed by atoms with Gasteiger partial charge in [0.1, 0.15) is 5.82 Å². The second kappa shape index (κ2) is 11.4. The van der Waals surface area contributed by atoms with Crippen LogP contribution in [0.25, 0.3) is 0 Å². The van der Waals surface area contributed by atoms with E-state index in [2.05, 4.69) is 45.5 Å². The molecule has 9 heteroatoms. The largest absolute Gasteiger partial charge is 0.454 e. The molecular formula is C22H31IN6O2. The van der Waals surface area contributed by atoms with E-state index >= 15 is 0 Å². The fourth-order valence-corrected chi connectivity index (χ4v) is 3.52. The summed E-state index contributed by atoms with van der Waals surface area (Å²) in [5, 5.41) is 6.73. The summed E-state index contributed by atoms with van der Waals surface area (Å²) in [5.74, 6) is 3.41. The molecule has 2 N–H and O–H groups in total. The van der Waals surface area contributed by atoms with Gasteiger partial charge < -0.3 is 29.9 Å². The third-order valence-corrected chi connectivity index (χ3v) is 5.30. The minimum atomic E-state index is 0. The van der Waals surface area contributed by atoms with Gasteiger partial charge in [0.15, 0.2) is 17.5 Å². The van der Waals surface area contributed by atoms with Gasteiger partial charge in [-0.3, -0.25) is 0 Å². The molecule has 4 rings (SSSR count). The molecule has 0 spiro atoms. The Morgan fingerprint density at radius 3 is 2.65 bits per heavy atom. The predicted molar refractivity (Wildman–Crippen MR) is 134 cm³/mol. The molecule has 0 unspecified atom stereocenters. The Balaban J connectivity index is 0.00000272. The van der Waals surface area contributed by atoms with E-state index in [1.807, 2.05) is 30.5 Å². The van der Waals surface area contributed by atoms with E-state index in [9.17, 15) is 0 Å². The number of halogens is 1. The molecule has 0 atom stereocenters. The molecule has 2 aliphatic heterocycles. The molecule has 8 nitrogen and oxygen atoms in total. The van der Waals surface area contributed by atoms with Crippen LogP contribution in [0.2, 0.25) is 0 Å². The molecule has 3 heterocycles. The van der Waals surface area contributed by atoms with Crippen LogP contribution in [-0.4, -0.2) is 62.4 Å². The summed E-state index contributed by atoms with van der Waals surface area (Å²) in [7, 11) is 2.16. The third kappa shape index (κ3) is 6.36. The number of aliphatic imine (C=N–C) groups is 1. The van der Waals surface area contributed by atoms with Crippen LogP contribution in [0.5, 0.6) is 11.5 Å². The first-order chi connectivity index (χ1) is 14.7. The van der Waals surface area contributed by atoms with Gasteiger partial charge in [0.25, 0.3) is 0 Å². The van der Waals surface area contributed by atoms with Crippen LogP contribution in [0.1, 0.15) is 18.1 Å². The smallest absolute Gasteiger partial charge is 0.231 e. The standard InChI is InChI=1S/C22H30N6O2.HI/c1-3-23-22(25-14-17-4-5-19-20(12-17)30-16-29-19)26-15-18-6-7-24-21(13-18)28-10-8-27(2)9-11-28;/h4-7,12-13H,3,8-11,14-16H2,1-2H3,(H2,23,25,26);1H. The molecule has 1 aromatic heterocycles. The molecule has 0 radical (unpaired) electrons. The maximum Gasteiger partial charge on any atom is 0.231 e. The van der Waals surface area contributed by atoms with Crippen LogP contribution in [0.4, 0.5) is 5.82 Å². The highest BCUT2D eigenvalue weighted by Crippen LogP contribution is 2.32. The summed E-state index contributed by atoms with van der Waals surface area (Å²) in [4.78, 5) is 14.0. The number of ether oxygens (including phenoxy) is 2. The number of hydrogen-bond donors (Lipinski definition) is 2. The molecule has 1 aromatic carbocycles. The number of guanidine groups is 1. The first-order valence-corrected chi connectivity index (χ1v) is 10.5. The van der Waals surface area contributed by atoms with Gasteiger partial charge in [-0.05, 0) is 49.4 Å². The summed E-state index contributed by atoms with van der Waals surface area (Å²) in [6.45, 7) is 8.58. The summed E-state index contributed by atoms with van der Waals surface area (Å²) in [6, 6.07) is 10.2. The summed E-state index contributed by atoms with van der Waals surface area (Å²) in [6.07, 6.45) is 1.89. The van der Waals surface area contributed by atoms with Crippen molar-refractivity contribution < 1.29 is 9.47 Å². The molecular weight excluding hydrogens is 507 g/mol. The maximum atomic E-state index is 5.45. The Morgan fingerprint density at radius 1 is 1.03 bits per heavy atom. The Kier molecular flexibility index (Phi) is 8.59. The van der Waals surface area contributed by atoms with Crippen LogP contribution >= 0.6 is 24.0 Å². The Labute approximate surface area is 201 Å². The molecule has 0 bridgehead atoms. The zero-order chi connectivity index (χ0) is 20.8. The van der Waals surface area contributed by atoms with Gasteiger partial charge in [0, 0.05) is 45.5 Å². The van der Waals surface area contributed by atoms with E-state index in [0.29, 0.717) is 13.1 Å². The molecule has 0 aliphatic carbocycles. The van der Waals surface area contributed by atoms with E-state index in [-0.39, 0.29) is 30.8 Å². The van der Waals surface area contributed by atoms with Gasteiger partial charge in [0.05, 0.1) is 6.54 Å². The van der Waals surface area contributed by atoms with Gasteiger partial charge in [-0.2, -0.15) is 0 Å². The summed E-state index contributed by atoms with van der Waals surface area (Å²) < 4.78 is 10.8. The molecule has 0 saturated carbocycles. The zero-order valence-corrected chi connectivity index (χ0v) is 20.5. The van der Waals surface area contributed by atoms with Crippen LogP contribution in [0, 0.1) is 0 Å². The van der Waals surface area contributed by atoms with Crippen molar-refractivity contribution in [2.45, 2.75) is 20.0 Å². The van der Waals surface area contributed by atoms with Gasteiger partial charge >= 0.3 is 0 Å². The van der Waals surface area contributed by atoms with Crippen molar-refractivity contribution in [3.63, 3.8) is 0 Å². The Morgan fingerprint density at radius 2 is 1.84 bits per heavy atom. The minimum absolute atomic E-state index is 0. The number of pyridine rings is 1. The highest BCUT2D eigenvalue weighted by Gasteiger charge is 2.15. The SMILES string of the molecule is CCNC(=NCc1ccc2c(c1)OCO2)NCc1ccnc(N2CCN(C)CC2)c1.I. The van der Waals surface area contributed by atoms with E-state index in [0.717, 1.165) is 61.6 Å². The molecule has 0 amide bonds. The number of rotatable bonds is 6. The Bertz CT molecular complexity index is 886. The number of hydrogen-bond acceptors (Lipinski definition) is 6. The number of piperazine rings is 1. The normalized spacial score (nSPS) is 16.1. The van der Waals surface area contributed by atoms with E-state index in [4.69, 9.17) is 14.5 Å². The summed E-state index contributed by atoms with van der Waals surface area (Å²) >= 11 is 0. The minimum Gasteiger partial charge on any atom is -0.454 e. The second-order valence-corrected chi connectivity index (χ2v) is 7.55. The van der Waals surface area contributed by atoms with Crippen molar-refractivity contribution in [3.05, 3.63) is 47.7 Å². The second-order valence-electron chi connectivity index (χ2n) is 7.55. The fourth-order valence-electron chi connectivity index (χ4n) is 3.52. The van der Waals surface area contributed by atoms with E-state index < -0.39 is 0 Å². The van der Waals surface area contributed by atoms with Crippen LogP contribution < -0.4 is 25.0 Å². The fraction of sp³-hybridized carbons (Fsp3) is 0.455. The van der Waals surface area contributed by atoms with Crippen molar-refractivity contribution >= 4 is 35.8 Å². The number of likely N-dealkylation sites (N-methyl/N-ethyl adjacent to an activating group) is 1. The van der Waals surface area contributed by atoms with Gasteiger partial charge in [-0.1, -0.05) is 6.07 Å². The zero-order valence-electron chi connectivity index (χ0n) is 18.1. The lowest BCUT2D eigenvalue weighted by atomic mass is 10.2. The topological polar surface area (TPSA) is 74.2 Å². The van der Waals surface area contributed by atoms with Gasteiger partial charge in [-0.15, -0.1) is 24.0 Å². The molecule has 31 heavy (non-hydrogen) atoms. The lowest BCUT2D eigenvalue weighted by Crippen LogP contribution is -2.44. The van der Waals surface area contributed by atoms with Crippen molar-refractivity contribution in [1.29, 1.82) is 0 Å². The average Bonchev–Trinajstić information content (AvgIpc) is 3.24. The predicted octanol–water partition coefficient (Wildman–Crippen LogP) is 2.44. The van der Waals surface area contributed by atoms with E-state index in [1.165, 1.54) is 5.56 Å². The van der Waals surface area contributed by atoms with E-state index in [1.54, 1.807) is 0 Å². The maximum absolute atomic E-state index is 5.45. The molecule has 2 aromatic rings. The lowest BCUT2D eigenvalue weighted by Gasteiger charge is -2.33. The van der Waals surface area contributed by atoms with Crippen LogP contribution in [0.3, 0.4) is 0 Å². The number of aromatic nitrogens is 1. The quantitative estimate of drug-likeness (QED) is 0.333. The highest BCUT2D eigenvalue weighted by atomic mass is 127. The molecule has 168 valence electrons. The van der Waals surface area contributed by atoms with Crippen molar-refractivity contribution in [3.8, 4) is 11.5 Å². The van der Waals surface area contributed by atoms with Crippen molar-refractivity contribution in [1.82, 2.24) is 20.5 Å². The third-order valence-electron chi connectivity index (χ3n) is 5.30. The van der Waals surface area contributed by atoms with Gasteiger partial charge in [0.2, 0.25) is 6.79 Å². The number of anilines is 1. The van der Waals surface area contributed by atoms with Crippen molar-refractivity contribution in [2.75, 3.05) is 51.5 Å². The number of nitrogens with one attached hydrogen (secondary N) is 2. The molecule has 1 fully saturated rings. The first kappa shape index (κ1) is 23.4. The highest BCUT2D eigenvalue weighted by molar-refractivity contribution is 14.0. The van der Waals surface area contributed by atoms with Crippen LogP contribution in [-0.2, 0) is 13.1 Å². The monoisotopic (exact) mass is 538 g/mol. The molecule has 2 aliphatic rings. The number of fused-ring (bicyclic) bond motifs is 1. The van der Waals surface area contributed by atoms with Gasteiger partial charge in [-0.25, -0.2) is 9.98 Å². The summed E-state index contributed by atoms with van der Waals surface area (Å²) in [5.41, 5.74) is 2.27. The first-order valence-electron chi connectivity index (χ1n) is 10.5. The number of benzene rings is 1. The average molecular weight is 538 g/mol.